The predicted octanol–water partition coefficient (Wildman–Crippen LogP) is 2.37. The van der Waals surface area contributed by atoms with Crippen LogP contribution in [0.4, 0.5) is 0 Å². The molecule has 3 heteroatoms. The van der Waals surface area contributed by atoms with Crippen molar-refractivity contribution in [3.05, 3.63) is 35.9 Å². The molecule has 0 aromatic heterocycles. The van der Waals surface area contributed by atoms with Gasteiger partial charge in [0.05, 0.1) is 0 Å². The van der Waals surface area contributed by atoms with Gasteiger partial charge in [0.15, 0.2) is 6.10 Å². The molecule has 0 fully saturated rings. The summed E-state index contributed by atoms with van der Waals surface area (Å²) in [7, 11) is 0. The molecule has 1 rings (SSSR count). The summed E-state index contributed by atoms with van der Waals surface area (Å²) in [6.45, 7) is 7.82. The van der Waals surface area contributed by atoms with Gasteiger partial charge in [0, 0.05) is 12.1 Å². The quantitative estimate of drug-likeness (QED) is 0.870. The maximum absolute atomic E-state index is 12.2. The molecule has 0 aliphatic heterocycles. The number of hydrogen-bond donors (Lipinski definition) is 1. The van der Waals surface area contributed by atoms with Crippen LogP contribution in [0.3, 0.4) is 0 Å². The van der Waals surface area contributed by atoms with E-state index in [1.807, 2.05) is 45.9 Å². The van der Waals surface area contributed by atoms with Crippen LogP contribution in [0.25, 0.3) is 0 Å². The molecule has 0 saturated carbocycles. The van der Waals surface area contributed by atoms with Crippen LogP contribution in [0.2, 0.25) is 0 Å². The Hall–Kier alpha value is -1.35. The molecule has 0 aliphatic rings. The Labute approximate surface area is 103 Å². The highest BCUT2D eigenvalue weighted by atomic mass is 16.3. The highest BCUT2D eigenvalue weighted by Gasteiger charge is 2.27. The first-order valence-corrected chi connectivity index (χ1v) is 6.00. The van der Waals surface area contributed by atoms with Crippen LogP contribution in [0.5, 0.6) is 0 Å². The molecule has 0 heterocycles. The highest BCUT2D eigenvalue weighted by molar-refractivity contribution is 5.82. The third-order valence-corrected chi connectivity index (χ3v) is 2.72. The number of aliphatic hydroxyl groups excluding tert-OH is 1. The van der Waals surface area contributed by atoms with E-state index in [4.69, 9.17) is 0 Å². The second kappa shape index (κ2) is 5.82. The zero-order valence-corrected chi connectivity index (χ0v) is 10.9. The van der Waals surface area contributed by atoms with Crippen LogP contribution in [-0.2, 0) is 4.79 Å². The normalized spacial score (nSPS) is 12.9. The number of hydrogen-bond acceptors (Lipinski definition) is 2. The lowest BCUT2D eigenvalue weighted by atomic mass is 10.1. The summed E-state index contributed by atoms with van der Waals surface area (Å²) in [6, 6.07) is 9.20. The smallest absolute Gasteiger partial charge is 0.256 e. The summed E-state index contributed by atoms with van der Waals surface area (Å²) in [4.78, 5) is 13.9. The molecule has 0 radical (unpaired) electrons. The van der Waals surface area contributed by atoms with E-state index in [0.717, 1.165) is 0 Å². The molecule has 1 amide bonds. The first kappa shape index (κ1) is 13.7. The van der Waals surface area contributed by atoms with Crippen molar-refractivity contribution in [3.63, 3.8) is 0 Å². The molecule has 17 heavy (non-hydrogen) atoms. The first-order valence-electron chi connectivity index (χ1n) is 6.00. The average Bonchev–Trinajstić information content (AvgIpc) is 2.28. The fourth-order valence-electron chi connectivity index (χ4n) is 2.02. The highest BCUT2D eigenvalue weighted by Crippen LogP contribution is 2.18. The summed E-state index contributed by atoms with van der Waals surface area (Å²) in [6.07, 6.45) is -1.07. The predicted molar refractivity (Wildman–Crippen MR) is 68.5 cm³/mol. The molecule has 1 aromatic rings. The summed E-state index contributed by atoms with van der Waals surface area (Å²) in [5.41, 5.74) is 0.642. The standard InChI is InChI=1S/C14H21NO2/c1-10(2)15(11(3)4)14(17)13(16)12-8-6-5-7-9-12/h5-11,13,16H,1-4H3/t13-/m1/s1. The zero-order valence-electron chi connectivity index (χ0n) is 10.9. The van der Waals surface area contributed by atoms with Crippen molar-refractivity contribution >= 4 is 5.91 Å². The summed E-state index contributed by atoms with van der Waals surface area (Å²) in [5, 5.41) is 10.1. The van der Waals surface area contributed by atoms with Gasteiger partial charge in [-0.05, 0) is 33.3 Å². The van der Waals surface area contributed by atoms with Crippen LogP contribution < -0.4 is 0 Å². The zero-order chi connectivity index (χ0) is 13.0. The second-order valence-corrected chi connectivity index (χ2v) is 4.75. The van der Waals surface area contributed by atoms with E-state index < -0.39 is 6.10 Å². The number of nitrogens with zero attached hydrogens (tertiary/aromatic N) is 1. The van der Waals surface area contributed by atoms with E-state index in [1.54, 1.807) is 17.0 Å². The lowest BCUT2D eigenvalue weighted by molar-refractivity contribution is -0.144. The monoisotopic (exact) mass is 235 g/mol. The van der Waals surface area contributed by atoms with E-state index in [1.165, 1.54) is 0 Å². The van der Waals surface area contributed by atoms with Crippen LogP contribution in [0, 0.1) is 0 Å². The van der Waals surface area contributed by atoms with Crippen molar-refractivity contribution in [2.75, 3.05) is 0 Å². The van der Waals surface area contributed by atoms with Crippen LogP contribution >= 0.6 is 0 Å². The fraction of sp³-hybridized carbons (Fsp3) is 0.500. The minimum absolute atomic E-state index is 0.0841. The third kappa shape index (κ3) is 3.30. The van der Waals surface area contributed by atoms with Gasteiger partial charge in [-0.25, -0.2) is 0 Å². The van der Waals surface area contributed by atoms with Gasteiger partial charge in [-0.1, -0.05) is 30.3 Å². The molecule has 3 nitrogen and oxygen atoms in total. The molecule has 0 aliphatic carbocycles. The van der Waals surface area contributed by atoms with Crippen LogP contribution in [0.1, 0.15) is 39.4 Å². The second-order valence-electron chi connectivity index (χ2n) is 4.75. The van der Waals surface area contributed by atoms with Crippen molar-refractivity contribution in [2.24, 2.45) is 0 Å². The van der Waals surface area contributed by atoms with E-state index in [-0.39, 0.29) is 18.0 Å². The molecular weight excluding hydrogens is 214 g/mol. The van der Waals surface area contributed by atoms with Crippen LogP contribution in [0.15, 0.2) is 30.3 Å². The molecule has 0 spiro atoms. The number of aliphatic hydroxyl groups is 1. The van der Waals surface area contributed by atoms with E-state index in [9.17, 15) is 9.90 Å². The van der Waals surface area contributed by atoms with Crippen LogP contribution in [-0.4, -0.2) is 28.0 Å². The number of rotatable bonds is 4. The maximum atomic E-state index is 12.2. The van der Waals surface area contributed by atoms with E-state index in [0.29, 0.717) is 5.56 Å². The minimum Gasteiger partial charge on any atom is -0.378 e. The van der Waals surface area contributed by atoms with Gasteiger partial charge in [0.1, 0.15) is 0 Å². The van der Waals surface area contributed by atoms with E-state index >= 15 is 0 Å². The van der Waals surface area contributed by atoms with Crippen molar-refractivity contribution in [1.29, 1.82) is 0 Å². The van der Waals surface area contributed by atoms with E-state index in [2.05, 4.69) is 0 Å². The average molecular weight is 235 g/mol. The molecular formula is C14H21NO2. The van der Waals surface area contributed by atoms with Gasteiger partial charge < -0.3 is 10.0 Å². The fourth-order valence-corrected chi connectivity index (χ4v) is 2.02. The molecule has 1 atom stereocenters. The van der Waals surface area contributed by atoms with Crippen molar-refractivity contribution in [2.45, 2.75) is 45.9 Å². The van der Waals surface area contributed by atoms with Crippen molar-refractivity contribution < 1.29 is 9.90 Å². The molecule has 1 aromatic carbocycles. The van der Waals surface area contributed by atoms with Gasteiger partial charge in [-0.15, -0.1) is 0 Å². The van der Waals surface area contributed by atoms with Gasteiger partial charge in [-0.2, -0.15) is 0 Å². The van der Waals surface area contributed by atoms with Crippen molar-refractivity contribution in [1.82, 2.24) is 4.90 Å². The Balaban J connectivity index is 2.89. The first-order chi connectivity index (χ1) is 7.95. The Morgan fingerprint density at radius 3 is 1.94 bits per heavy atom. The third-order valence-electron chi connectivity index (χ3n) is 2.72. The van der Waals surface area contributed by atoms with Gasteiger partial charge in [0.25, 0.3) is 5.91 Å². The Kier molecular flexibility index (Phi) is 4.70. The molecule has 0 saturated heterocycles. The van der Waals surface area contributed by atoms with Gasteiger partial charge in [-0.3, -0.25) is 4.79 Å². The largest absolute Gasteiger partial charge is 0.378 e. The maximum Gasteiger partial charge on any atom is 0.256 e. The van der Waals surface area contributed by atoms with Gasteiger partial charge >= 0.3 is 0 Å². The summed E-state index contributed by atoms with van der Waals surface area (Å²) >= 11 is 0. The number of benzene rings is 1. The topological polar surface area (TPSA) is 40.5 Å². The lowest BCUT2D eigenvalue weighted by Crippen LogP contribution is -2.44. The Morgan fingerprint density at radius 1 is 1.06 bits per heavy atom. The summed E-state index contributed by atoms with van der Waals surface area (Å²) in [5.74, 6) is -0.235. The number of carbonyl (C=O) groups excluding carboxylic acids is 1. The molecule has 0 bridgehead atoms. The minimum atomic E-state index is -1.07. The molecule has 1 N–H and O–H groups in total. The Bertz CT molecular complexity index is 352. The van der Waals surface area contributed by atoms with Crippen molar-refractivity contribution in [3.8, 4) is 0 Å². The number of amides is 1. The Morgan fingerprint density at radius 2 is 1.53 bits per heavy atom. The lowest BCUT2D eigenvalue weighted by Gasteiger charge is -2.32. The van der Waals surface area contributed by atoms with Gasteiger partial charge in [0.2, 0.25) is 0 Å². The SMILES string of the molecule is CC(C)N(C(=O)[C@H](O)c1ccccc1)C(C)C. The molecule has 0 unspecified atom stereocenters. The summed E-state index contributed by atoms with van der Waals surface area (Å²) < 4.78 is 0. The molecule has 94 valence electrons. The number of carbonyl (C=O) groups is 1.